The van der Waals surface area contributed by atoms with Crippen molar-refractivity contribution in [2.45, 2.75) is 27.2 Å². The van der Waals surface area contributed by atoms with E-state index in [-0.39, 0.29) is 12.4 Å². The molecular formula is C24H23N3O2. The minimum Gasteiger partial charge on any atom is -0.466 e. The van der Waals surface area contributed by atoms with Crippen LogP contribution in [-0.4, -0.2) is 27.5 Å². The molecule has 0 unspecified atom stereocenters. The third kappa shape index (κ3) is 4.04. The van der Waals surface area contributed by atoms with E-state index < -0.39 is 0 Å². The molecule has 2 heterocycles. The Kier molecular flexibility index (Phi) is 5.12. The van der Waals surface area contributed by atoms with Crippen LogP contribution in [0, 0.1) is 13.8 Å². The maximum absolute atomic E-state index is 11.8. The highest BCUT2D eigenvalue weighted by molar-refractivity contribution is 5.86. The average molecular weight is 385 g/mol. The van der Waals surface area contributed by atoms with Gasteiger partial charge in [-0.05, 0) is 26.8 Å². The number of nitrogens with one attached hydrogen (secondary N) is 1. The van der Waals surface area contributed by atoms with E-state index in [1.807, 2.05) is 6.07 Å². The lowest BCUT2D eigenvalue weighted by molar-refractivity contribution is -0.142. The van der Waals surface area contributed by atoms with Crippen molar-refractivity contribution in [1.82, 2.24) is 15.0 Å². The van der Waals surface area contributed by atoms with Gasteiger partial charge in [0.05, 0.1) is 24.4 Å². The van der Waals surface area contributed by atoms with Gasteiger partial charge < -0.3 is 9.72 Å². The maximum atomic E-state index is 11.8. The molecule has 0 aliphatic carbocycles. The molecule has 0 radical (unpaired) electrons. The first-order valence-electron chi connectivity index (χ1n) is 9.73. The summed E-state index contributed by atoms with van der Waals surface area (Å²) >= 11 is 0. The van der Waals surface area contributed by atoms with Crippen LogP contribution in [0.4, 0.5) is 0 Å². The van der Waals surface area contributed by atoms with Crippen LogP contribution in [0.25, 0.3) is 33.7 Å². The number of H-pyrrole nitrogens is 1. The molecule has 4 rings (SSSR count). The third-order valence-electron chi connectivity index (χ3n) is 4.80. The summed E-state index contributed by atoms with van der Waals surface area (Å²) in [5.41, 5.74) is 8.17. The topological polar surface area (TPSA) is 67.9 Å². The van der Waals surface area contributed by atoms with Gasteiger partial charge in [-0.3, -0.25) is 4.79 Å². The summed E-state index contributed by atoms with van der Waals surface area (Å²) in [6.45, 7) is 6.29. The predicted molar refractivity (Wildman–Crippen MR) is 115 cm³/mol. The van der Waals surface area contributed by atoms with Crippen molar-refractivity contribution in [2.24, 2.45) is 0 Å². The first-order chi connectivity index (χ1) is 14.0. The zero-order chi connectivity index (χ0) is 20.4. The van der Waals surface area contributed by atoms with Crippen molar-refractivity contribution in [2.75, 3.05) is 6.61 Å². The molecule has 2 aromatic heterocycles. The van der Waals surface area contributed by atoms with E-state index in [9.17, 15) is 4.79 Å². The van der Waals surface area contributed by atoms with Gasteiger partial charge in [-0.1, -0.05) is 59.7 Å². The van der Waals surface area contributed by atoms with E-state index in [0.717, 1.165) is 33.7 Å². The molecule has 0 spiro atoms. The molecule has 1 N–H and O–H groups in total. The van der Waals surface area contributed by atoms with Crippen LogP contribution in [0.3, 0.4) is 0 Å². The number of rotatable bonds is 5. The van der Waals surface area contributed by atoms with E-state index >= 15 is 0 Å². The van der Waals surface area contributed by atoms with Gasteiger partial charge in [-0.2, -0.15) is 0 Å². The van der Waals surface area contributed by atoms with Crippen LogP contribution in [0.2, 0.25) is 0 Å². The van der Waals surface area contributed by atoms with Gasteiger partial charge in [0.1, 0.15) is 5.52 Å². The number of esters is 1. The number of aromatic amines is 1. The van der Waals surface area contributed by atoms with Gasteiger partial charge in [0.15, 0.2) is 5.65 Å². The van der Waals surface area contributed by atoms with Crippen molar-refractivity contribution in [3.63, 3.8) is 0 Å². The summed E-state index contributed by atoms with van der Waals surface area (Å²) in [5.74, 6) is -0.267. The molecule has 29 heavy (non-hydrogen) atoms. The van der Waals surface area contributed by atoms with Crippen LogP contribution < -0.4 is 0 Å². The number of aromatic nitrogens is 3. The van der Waals surface area contributed by atoms with Crippen molar-refractivity contribution in [1.29, 1.82) is 0 Å². The molecular weight excluding hydrogens is 362 g/mol. The van der Waals surface area contributed by atoms with E-state index in [2.05, 4.69) is 67.4 Å². The summed E-state index contributed by atoms with van der Waals surface area (Å²) in [7, 11) is 0. The smallest absolute Gasteiger partial charge is 0.311 e. The molecule has 0 bridgehead atoms. The third-order valence-corrected chi connectivity index (χ3v) is 4.80. The summed E-state index contributed by atoms with van der Waals surface area (Å²) in [4.78, 5) is 24.8. The second-order valence-corrected chi connectivity index (χ2v) is 7.16. The van der Waals surface area contributed by atoms with Crippen LogP contribution in [0.1, 0.15) is 23.7 Å². The molecule has 146 valence electrons. The summed E-state index contributed by atoms with van der Waals surface area (Å²) in [6.07, 6.45) is 0.172. The number of hydrogen-bond donors (Lipinski definition) is 1. The Bertz CT molecular complexity index is 1080. The number of ether oxygens (including phenoxy) is 1. The Morgan fingerprint density at radius 1 is 0.897 bits per heavy atom. The van der Waals surface area contributed by atoms with Gasteiger partial charge in [0.2, 0.25) is 0 Å². The Balaban J connectivity index is 1.85. The van der Waals surface area contributed by atoms with Crippen LogP contribution in [0.15, 0.2) is 54.6 Å². The lowest BCUT2D eigenvalue weighted by atomic mass is 10.0. The molecule has 2 aromatic carbocycles. The largest absolute Gasteiger partial charge is 0.466 e. The zero-order valence-electron chi connectivity index (χ0n) is 16.8. The van der Waals surface area contributed by atoms with Crippen LogP contribution in [0.5, 0.6) is 0 Å². The summed E-state index contributed by atoms with van der Waals surface area (Å²) in [6, 6.07) is 18.4. The van der Waals surface area contributed by atoms with Gasteiger partial charge >= 0.3 is 5.97 Å². The van der Waals surface area contributed by atoms with Crippen molar-refractivity contribution >= 4 is 17.1 Å². The Labute approximate surface area is 169 Å². The molecule has 0 saturated carbocycles. The molecule has 0 saturated heterocycles. The van der Waals surface area contributed by atoms with Crippen LogP contribution in [-0.2, 0) is 16.0 Å². The minimum absolute atomic E-state index is 0.172. The number of carbonyl (C=O) groups is 1. The van der Waals surface area contributed by atoms with Gasteiger partial charge in [-0.15, -0.1) is 0 Å². The number of aryl methyl sites for hydroxylation is 2. The Hall–Kier alpha value is -3.47. The normalized spacial score (nSPS) is 11.0. The SMILES string of the molecule is CCOC(=O)Cc1cc2nc(-c3ccc(C)cc3)c(-c3ccc(C)cc3)nc2[nH]1. The van der Waals surface area contributed by atoms with E-state index in [1.54, 1.807) is 6.92 Å². The molecule has 0 atom stereocenters. The second kappa shape index (κ2) is 7.87. The predicted octanol–water partition coefficient (Wildman–Crippen LogP) is 5.01. The number of nitrogens with zero attached hydrogens (tertiary/aromatic N) is 2. The molecule has 0 fully saturated rings. The first-order valence-corrected chi connectivity index (χ1v) is 9.73. The summed E-state index contributed by atoms with van der Waals surface area (Å²) < 4.78 is 5.05. The number of hydrogen-bond acceptors (Lipinski definition) is 4. The average Bonchev–Trinajstić information content (AvgIpc) is 3.09. The highest BCUT2D eigenvalue weighted by Gasteiger charge is 2.16. The fraction of sp³-hybridized carbons (Fsp3) is 0.208. The van der Waals surface area contributed by atoms with E-state index in [4.69, 9.17) is 14.7 Å². The Morgan fingerprint density at radius 2 is 1.45 bits per heavy atom. The molecule has 5 heteroatoms. The van der Waals surface area contributed by atoms with Crippen molar-refractivity contribution < 1.29 is 9.53 Å². The number of carbonyl (C=O) groups excluding carboxylic acids is 1. The first kappa shape index (κ1) is 18.9. The number of benzene rings is 2. The van der Waals surface area contributed by atoms with Gasteiger partial charge in [-0.25, -0.2) is 9.97 Å². The lowest BCUT2D eigenvalue weighted by Gasteiger charge is -2.09. The molecule has 0 amide bonds. The highest BCUT2D eigenvalue weighted by Crippen LogP contribution is 2.31. The monoisotopic (exact) mass is 385 g/mol. The quantitative estimate of drug-likeness (QED) is 0.490. The molecule has 4 aromatic rings. The van der Waals surface area contributed by atoms with Crippen LogP contribution >= 0.6 is 0 Å². The zero-order valence-corrected chi connectivity index (χ0v) is 16.8. The molecule has 5 nitrogen and oxygen atoms in total. The molecule has 0 aliphatic heterocycles. The van der Waals surface area contributed by atoms with Crippen molar-refractivity contribution in [3.8, 4) is 22.5 Å². The second-order valence-electron chi connectivity index (χ2n) is 7.16. The standard InChI is InChI=1S/C24H23N3O2/c1-4-29-21(28)14-19-13-20-24(25-19)27-23(18-11-7-16(3)8-12-18)22(26-20)17-9-5-15(2)6-10-17/h5-13H,4,14H2,1-3H3,(H,25,27). The maximum Gasteiger partial charge on any atom is 0.311 e. The highest BCUT2D eigenvalue weighted by atomic mass is 16.5. The molecule has 0 aliphatic rings. The fourth-order valence-electron chi connectivity index (χ4n) is 3.28. The minimum atomic E-state index is -0.267. The van der Waals surface area contributed by atoms with Crippen molar-refractivity contribution in [3.05, 3.63) is 71.4 Å². The number of fused-ring (bicyclic) bond motifs is 1. The summed E-state index contributed by atoms with van der Waals surface area (Å²) in [5, 5.41) is 0. The fourth-order valence-corrected chi connectivity index (χ4v) is 3.28. The van der Waals surface area contributed by atoms with Gasteiger partial charge in [0, 0.05) is 16.8 Å². The van der Waals surface area contributed by atoms with E-state index in [0.29, 0.717) is 12.3 Å². The van der Waals surface area contributed by atoms with Gasteiger partial charge in [0.25, 0.3) is 0 Å². The lowest BCUT2D eigenvalue weighted by Crippen LogP contribution is -2.07. The Morgan fingerprint density at radius 3 is 2.00 bits per heavy atom. The van der Waals surface area contributed by atoms with E-state index in [1.165, 1.54) is 11.1 Å².